The zero-order chi connectivity index (χ0) is 14.2. The topological polar surface area (TPSA) is 0 Å². The highest BCUT2D eigenvalue weighted by molar-refractivity contribution is 9.10. The van der Waals surface area contributed by atoms with Crippen LogP contribution >= 0.6 is 50.7 Å². The van der Waals surface area contributed by atoms with Crippen molar-refractivity contribution in [2.24, 2.45) is 0 Å². The molecule has 0 aromatic heterocycles. The second kappa shape index (κ2) is 6.01. The Morgan fingerprint density at radius 1 is 1.05 bits per heavy atom. The molecule has 1 atom stereocenters. The molecular weight excluding hydrogens is 373 g/mol. The van der Waals surface area contributed by atoms with Gasteiger partial charge >= 0.3 is 0 Å². The van der Waals surface area contributed by atoms with E-state index in [1.165, 1.54) is 12.1 Å². The number of benzene rings is 2. The molecule has 0 spiro atoms. The molecule has 0 aliphatic rings. The summed E-state index contributed by atoms with van der Waals surface area (Å²) < 4.78 is 14.5. The molecule has 0 nitrogen and oxygen atoms in total. The van der Waals surface area contributed by atoms with Gasteiger partial charge in [0.2, 0.25) is 0 Å². The molecule has 5 heteroatoms. The number of rotatable bonds is 2. The molecule has 1 unspecified atom stereocenters. The number of halogens is 5. The highest BCUT2D eigenvalue weighted by atomic mass is 79.9. The molecule has 0 N–H and O–H groups in total. The second-order valence-corrected chi connectivity index (χ2v) is 6.28. The van der Waals surface area contributed by atoms with E-state index in [1.807, 2.05) is 13.0 Å². The SMILES string of the molecule is Cc1ccc(C(Cl)c2cc(Cl)c(Br)cc2F)c(Cl)c1. The van der Waals surface area contributed by atoms with Crippen LogP contribution in [0, 0.1) is 12.7 Å². The quantitative estimate of drug-likeness (QED) is 0.409. The van der Waals surface area contributed by atoms with E-state index < -0.39 is 11.2 Å². The van der Waals surface area contributed by atoms with E-state index in [4.69, 9.17) is 34.8 Å². The molecule has 0 aliphatic carbocycles. The van der Waals surface area contributed by atoms with Gasteiger partial charge in [0.1, 0.15) is 5.82 Å². The first-order chi connectivity index (χ1) is 8.90. The van der Waals surface area contributed by atoms with Gasteiger partial charge in [0.25, 0.3) is 0 Å². The molecule has 2 aromatic carbocycles. The van der Waals surface area contributed by atoms with Crippen LogP contribution in [0.15, 0.2) is 34.8 Å². The lowest BCUT2D eigenvalue weighted by molar-refractivity contribution is 0.611. The van der Waals surface area contributed by atoms with Gasteiger partial charge < -0.3 is 0 Å². The standard InChI is InChI=1S/C14H9BrCl3F/c1-7-2-3-8(11(16)4-7)14(18)9-5-12(17)10(15)6-13(9)19/h2-6,14H,1H3. The second-order valence-electron chi connectivity index (χ2n) is 4.18. The van der Waals surface area contributed by atoms with E-state index >= 15 is 0 Å². The molecule has 0 fully saturated rings. The Hall–Kier alpha value is -0.280. The molecule has 100 valence electrons. The summed E-state index contributed by atoms with van der Waals surface area (Å²) in [7, 11) is 0. The zero-order valence-corrected chi connectivity index (χ0v) is 13.7. The first kappa shape index (κ1) is 15.1. The van der Waals surface area contributed by atoms with Crippen LogP contribution in [0.25, 0.3) is 0 Å². The summed E-state index contributed by atoms with van der Waals surface area (Å²) in [6.07, 6.45) is 0. The summed E-state index contributed by atoms with van der Waals surface area (Å²) in [5, 5.41) is 0.238. The normalized spacial score (nSPS) is 12.5. The van der Waals surface area contributed by atoms with Gasteiger partial charge in [0.15, 0.2) is 0 Å². The van der Waals surface area contributed by atoms with E-state index in [2.05, 4.69) is 15.9 Å². The molecule has 0 amide bonds. The van der Waals surface area contributed by atoms with Crippen molar-refractivity contribution in [1.82, 2.24) is 0 Å². The van der Waals surface area contributed by atoms with Crippen molar-refractivity contribution in [2.75, 3.05) is 0 Å². The maximum atomic E-state index is 14.0. The van der Waals surface area contributed by atoms with Gasteiger partial charge in [-0.1, -0.05) is 35.3 Å². The van der Waals surface area contributed by atoms with Crippen molar-refractivity contribution in [2.45, 2.75) is 12.3 Å². The molecule has 19 heavy (non-hydrogen) atoms. The third kappa shape index (κ3) is 3.25. The Kier molecular flexibility index (Phi) is 4.78. The average molecular weight is 382 g/mol. The summed E-state index contributed by atoms with van der Waals surface area (Å²) >= 11 is 21.6. The number of hydrogen-bond donors (Lipinski definition) is 0. The van der Waals surface area contributed by atoms with Crippen LogP contribution in [0.4, 0.5) is 4.39 Å². The first-order valence-electron chi connectivity index (χ1n) is 5.44. The smallest absolute Gasteiger partial charge is 0.129 e. The zero-order valence-electron chi connectivity index (χ0n) is 9.85. The molecule has 2 rings (SSSR count). The highest BCUT2D eigenvalue weighted by Crippen LogP contribution is 2.38. The fraction of sp³-hybridized carbons (Fsp3) is 0.143. The monoisotopic (exact) mass is 380 g/mol. The summed E-state index contributed by atoms with van der Waals surface area (Å²) in [5.41, 5.74) is 1.98. The predicted molar refractivity (Wildman–Crippen MR) is 83.0 cm³/mol. The Morgan fingerprint density at radius 3 is 2.37 bits per heavy atom. The number of hydrogen-bond acceptors (Lipinski definition) is 0. The summed E-state index contributed by atoms with van der Waals surface area (Å²) in [5.74, 6) is -0.423. The van der Waals surface area contributed by atoms with Gasteiger partial charge in [-0.25, -0.2) is 4.39 Å². The molecule has 0 heterocycles. The van der Waals surface area contributed by atoms with Gasteiger partial charge in [0.05, 0.1) is 10.4 Å². The molecule has 0 aliphatic heterocycles. The Morgan fingerprint density at radius 2 is 1.74 bits per heavy atom. The van der Waals surface area contributed by atoms with Gasteiger partial charge in [-0.3, -0.25) is 0 Å². The van der Waals surface area contributed by atoms with Crippen LogP contribution in [0.5, 0.6) is 0 Å². The van der Waals surface area contributed by atoms with Crippen LogP contribution in [-0.4, -0.2) is 0 Å². The predicted octanol–water partition coefficient (Wildman–Crippen LogP) is 6.53. The Bertz CT molecular complexity index is 628. The Labute approximate surface area is 134 Å². The number of alkyl halides is 1. The van der Waals surface area contributed by atoms with Gasteiger partial charge in [0, 0.05) is 15.1 Å². The molecule has 0 saturated heterocycles. The van der Waals surface area contributed by atoms with Crippen molar-refractivity contribution >= 4 is 50.7 Å². The van der Waals surface area contributed by atoms with Gasteiger partial charge in [-0.15, -0.1) is 11.6 Å². The van der Waals surface area contributed by atoms with Crippen molar-refractivity contribution in [3.63, 3.8) is 0 Å². The van der Waals surface area contributed by atoms with E-state index in [-0.39, 0.29) is 0 Å². The minimum absolute atomic E-state index is 0.306. The van der Waals surface area contributed by atoms with Crippen LogP contribution in [-0.2, 0) is 0 Å². The minimum atomic E-state index is -0.682. The van der Waals surface area contributed by atoms with E-state index in [0.29, 0.717) is 25.6 Å². The molecule has 0 saturated carbocycles. The first-order valence-corrected chi connectivity index (χ1v) is 7.43. The Balaban J connectivity index is 2.49. The largest absolute Gasteiger partial charge is 0.207 e. The van der Waals surface area contributed by atoms with Crippen LogP contribution in [0.2, 0.25) is 10.0 Å². The van der Waals surface area contributed by atoms with E-state index in [1.54, 1.807) is 12.1 Å². The third-order valence-corrected chi connectivity index (χ3v) is 4.74. The van der Waals surface area contributed by atoms with E-state index in [9.17, 15) is 4.39 Å². The third-order valence-electron chi connectivity index (χ3n) is 2.74. The van der Waals surface area contributed by atoms with Crippen molar-refractivity contribution in [3.8, 4) is 0 Å². The van der Waals surface area contributed by atoms with Crippen LogP contribution < -0.4 is 0 Å². The average Bonchev–Trinajstić information content (AvgIpc) is 2.33. The summed E-state index contributed by atoms with van der Waals surface area (Å²) in [6, 6.07) is 8.29. The molecule has 2 aromatic rings. The lowest BCUT2D eigenvalue weighted by Crippen LogP contribution is -1.99. The maximum Gasteiger partial charge on any atom is 0.129 e. The van der Waals surface area contributed by atoms with Gasteiger partial charge in [-0.2, -0.15) is 0 Å². The van der Waals surface area contributed by atoms with Gasteiger partial charge in [-0.05, 0) is 52.2 Å². The fourth-order valence-electron chi connectivity index (χ4n) is 1.74. The summed E-state index contributed by atoms with van der Waals surface area (Å²) in [4.78, 5) is 0. The lowest BCUT2D eigenvalue weighted by Gasteiger charge is -2.14. The van der Waals surface area contributed by atoms with Crippen molar-refractivity contribution in [1.29, 1.82) is 0 Å². The van der Waals surface area contributed by atoms with Crippen molar-refractivity contribution in [3.05, 3.63) is 67.4 Å². The fourth-order valence-corrected chi connectivity index (χ4v) is 2.98. The molecular formula is C14H9BrCl3F. The molecule has 0 radical (unpaired) electrons. The van der Waals surface area contributed by atoms with Crippen LogP contribution in [0.3, 0.4) is 0 Å². The molecule has 0 bridgehead atoms. The van der Waals surface area contributed by atoms with E-state index in [0.717, 1.165) is 5.56 Å². The van der Waals surface area contributed by atoms with Crippen molar-refractivity contribution < 1.29 is 4.39 Å². The summed E-state index contributed by atoms with van der Waals surface area (Å²) in [6.45, 7) is 1.93. The number of aryl methyl sites for hydroxylation is 1. The lowest BCUT2D eigenvalue weighted by atomic mass is 10.0. The van der Waals surface area contributed by atoms with Crippen LogP contribution in [0.1, 0.15) is 22.1 Å². The minimum Gasteiger partial charge on any atom is -0.207 e. The maximum absolute atomic E-state index is 14.0. The highest BCUT2D eigenvalue weighted by Gasteiger charge is 2.19.